The van der Waals surface area contributed by atoms with E-state index in [1.165, 1.54) is 54.6 Å². The van der Waals surface area contributed by atoms with E-state index in [9.17, 15) is 102 Å². The van der Waals surface area contributed by atoms with E-state index in [-0.39, 0.29) is 295 Å². The molecule has 7 rings (SSSR count). The standard InChI is InChI=1S/C26H25N5O19S6.C18H17N3O13S4.7Na/c27-23-22-15(14-21(54(37,38)39)25(23)31-29-17-3-7-19(8-4-17)53(35,36)12-10-47-56(43,44)45)13-20(51-50-49-33)24(26(22)32)30-28-16-1-5-18(6-2-16)48-52(34)11-9-46-55(40,41)42;19-17-16-10(7-13(9-14(16)22)37(25,26)27)8-15(35-34-33-23)18(17)21-20-11-1-3-12(4-2-11)32-36(24)6-5-31-38(28,29)30;;;;;;;/h1-8,13-14,32-33H,9-12,27H2,(H,37,38,39)(H,40,41,42)(H,43,44,45);1-4,7-9,22-23H,5-6,19H2,(H,25,26,27)(H,28,29,30);;;;;;;/q;;7*+1/p-7. The number of sulfone groups is 1. The Balaban J connectivity index is 0. The summed E-state index contributed by atoms with van der Waals surface area (Å²) in [5, 5.41) is 72.0. The Kier molecular flexibility index (Phi) is 47.3. The summed E-state index contributed by atoms with van der Waals surface area (Å²) in [6, 6.07) is 19.6. The number of benzene rings is 7. The number of nitrogen functional groups attached to an aromatic ring is 2. The van der Waals surface area contributed by atoms with Crippen molar-refractivity contribution in [3.8, 4) is 23.0 Å². The van der Waals surface area contributed by atoms with Gasteiger partial charge in [-0.05, 0) is 114 Å². The van der Waals surface area contributed by atoms with Gasteiger partial charge in [0.1, 0.15) is 54.5 Å². The van der Waals surface area contributed by atoms with Crippen molar-refractivity contribution in [2.75, 3.05) is 48.5 Å². The first kappa shape index (κ1) is 103. The molecular formula is C44H35N8Na7O32S10. The van der Waals surface area contributed by atoms with E-state index in [0.717, 1.165) is 48.5 Å². The molecule has 0 amide bonds. The summed E-state index contributed by atoms with van der Waals surface area (Å²) in [7, 11) is -29.5. The quantitative estimate of drug-likeness (QED) is 0.00458. The molecule has 0 saturated carbocycles. The summed E-state index contributed by atoms with van der Waals surface area (Å²) in [6.45, 7) is -2.29. The van der Waals surface area contributed by atoms with Gasteiger partial charge in [-0.25, -0.2) is 58.9 Å². The van der Waals surface area contributed by atoms with Crippen molar-refractivity contribution in [2.24, 2.45) is 30.7 Å². The van der Waals surface area contributed by atoms with Crippen LogP contribution in [0, 0.1) is 0 Å². The van der Waals surface area contributed by atoms with Gasteiger partial charge in [0.25, 0.3) is 0 Å². The number of anilines is 2. The van der Waals surface area contributed by atoms with E-state index in [2.05, 4.69) is 62.0 Å². The number of fused-ring (bicyclic) bond motifs is 2. The van der Waals surface area contributed by atoms with Crippen LogP contribution in [0.4, 0.5) is 45.5 Å². The van der Waals surface area contributed by atoms with Crippen LogP contribution in [0.15, 0.2) is 158 Å². The number of hydrogen-bond acceptors (Lipinski definition) is 42. The maximum Gasteiger partial charge on any atom is 1.00 e. The second-order valence-corrected chi connectivity index (χ2v) is 28.9. The Bertz CT molecular complexity index is 4840. The molecule has 0 fully saturated rings. The van der Waals surface area contributed by atoms with Crippen molar-refractivity contribution in [3.05, 3.63) is 103 Å². The van der Waals surface area contributed by atoms with Gasteiger partial charge in [-0.3, -0.25) is 22.6 Å². The molecule has 2 atom stereocenters. The largest absolute Gasteiger partial charge is 1.00 e. The van der Waals surface area contributed by atoms with E-state index >= 15 is 0 Å². The van der Waals surface area contributed by atoms with E-state index in [4.69, 9.17) is 19.8 Å². The number of hydrogen-bond donors (Lipinski definition) is 4. The number of nitrogens with two attached hydrogens (primary N) is 2. The first-order valence-electron chi connectivity index (χ1n) is 24.0. The van der Waals surface area contributed by atoms with Gasteiger partial charge in [0.15, 0.2) is 15.6 Å². The molecule has 0 saturated heterocycles. The minimum absolute atomic E-state index is 0. The molecule has 0 radical (unpaired) electrons. The predicted molar refractivity (Wildman–Crippen MR) is 310 cm³/mol. The SMILES string of the molecule is Nc1c(N=Nc2ccc(OS(=O)CCOS(=O)(=O)[O-])cc2)c(SOO[O-])cc2cc(S(=O)(=O)[O-])cc(O)c12.Nc1c(N=Nc2ccc(S(=O)(=O)CCOS(=O)(=O)[O-])cc2)c(S(=O)(=O)[O-])cc2cc(SOO[O-])c(N=Nc3ccc(OS(=O)CCOS(=O)(=O)[O-])cc3)c(O)c12.[Na+].[Na+].[Na+].[Na+].[Na+].[Na+].[Na+]. The fourth-order valence-corrected chi connectivity index (χ4v) is 12.8. The normalized spacial score (nSPS) is 12.5. The topological polar surface area (TPSA) is 650 Å². The van der Waals surface area contributed by atoms with Gasteiger partial charge in [0, 0.05) is 5.39 Å². The molecule has 0 aromatic heterocycles. The summed E-state index contributed by atoms with van der Waals surface area (Å²) in [5.41, 5.74) is 10.4. The summed E-state index contributed by atoms with van der Waals surface area (Å²) in [4.78, 5) is -2.29. The number of phenolic OH excluding ortho intramolecular Hbond substituents is 2. The summed E-state index contributed by atoms with van der Waals surface area (Å²) < 4.78 is 245. The number of aromatic hydroxyl groups is 2. The van der Waals surface area contributed by atoms with E-state index < -0.39 is 159 Å². The Morgan fingerprint density at radius 3 is 1.23 bits per heavy atom. The second kappa shape index (κ2) is 46.5. The molecule has 101 heavy (non-hydrogen) atoms. The summed E-state index contributed by atoms with van der Waals surface area (Å²) in [6.07, 6.45) is 0. The van der Waals surface area contributed by atoms with E-state index in [0.29, 0.717) is 12.0 Å². The Hall–Kier alpha value is -0.200. The molecule has 57 heteroatoms. The molecule has 7 aromatic carbocycles. The van der Waals surface area contributed by atoms with Gasteiger partial charge in [-0.2, -0.15) is 24.0 Å². The zero-order chi connectivity index (χ0) is 69.6. The predicted octanol–water partition coefficient (Wildman–Crippen LogP) is -17.9. The third-order valence-corrected chi connectivity index (χ3v) is 18.6. The first-order chi connectivity index (χ1) is 43.9. The zero-order valence-corrected chi connectivity index (χ0v) is 74.8. The third-order valence-electron chi connectivity index (χ3n) is 10.9. The maximum absolute atomic E-state index is 12.4. The molecule has 40 nitrogen and oxygen atoms in total. The van der Waals surface area contributed by atoms with Crippen molar-refractivity contribution >= 4 is 175 Å². The fraction of sp³-hybridized carbons (Fsp3) is 0.136. The van der Waals surface area contributed by atoms with Crippen molar-refractivity contribution in [1.29, 1.82) is 0 Å². The van der Waals surface area contributed by atoms with Gasteiger partial charge in [0.05, 0.1) is 119 Å². The van der Waals surface area contributed by atoms with E-state index in [1.54, 1.807) is 0 Å². The number of azo groups is 3. The van der Waals surface area contributed by atoms with Crippen LogP contribution in [-0.2, 0) is 115 Å². The van der Waals surface area contributed by atoms with Gasteiger partial charge < -0.3 is 63.3 Å². The molecule has 0 aliphatic heterocycles. The monoisotopic (exact) mass is 1670 g/mol. The first-order valence-corrected chi connectivity index (χ1v) is 36.4. The smallest absolute Gasteiger partial charge is 0.744 e. The van der Waals surface area contributed by atoms with Crippen LogP contribution in [0.2, 0.25) is 0 Å². The summed E-state index contributed by atoms with van der Waals surface area (Å²) >= 11 is -3.57. The molecule has 0 spiro atoms. The van der Waals surface area contributed by atoms with Gasteiger partial charge in [-0.15, -0.1) is 15.3 Å². The Morgan fingerprint density at radius 2 is 0.822 bits per heavy atom. The van der Waals surface area contributed by atoms with Crippen LogP contribution in [0.3, 0.4) is 0 Å². The van der Waals surface area contributed by atoms with Crippen molar-refractivity contribution in [1.82, 2.24) is 0 Å². The van der Waals surface area contributed by atoms with Crippen LogP contribution in [0.1, 0.15) is 0 Å². The Labute approximate surface area is 741 Å². The molecule has 6 N–H and O–H groups in total. The molecule has 7 aromatic rings. The molecular weight excluding hydrogens is 1630 g/mol. The molecule has 0 aliphatic rings. The molecule has 510 valence electrons. The van der Waals surface area contributed by atoms with Crippen LogP contribution in [0.5, 0.6) is 23.0 Å². The van der Waals surface area contributed by atoms with Gasteiger partial charge >= 0.3 is 207 Å². The summed E-state index contributed by atoms with van der Waals surface area (Å²) in [5.74, 6) is -3.05. The average molecular weight is 1670 g/mol. The number of nitrogens with zero attached hydrogens (tertiary/aromatic N) is 6. The van der Waals surface area contributed by atoms with Crippen molar-refractivity contribution in [2.45, 2.75) is 24.5 Å². The molecule has 2 unspecified atom stereocenters. The fourth-order valence-electron chi connectivity index (χ4n) is 7.12. The van der Waals surface area contributed by atoms with Gasteiger partial charge in [0.2, 0.25) is 53.4 Å². The zero-order valence-electron chi connectivity index (χ0n) is 52.6. The molecule has 0 heterocycles. The number of phenols is 2. The maximum atomic E-state index is 12.4. The van der Waals surface area contributed by atoms with Gasteiger partial charge in [-0.1, -0.05) is 0 Å². The Morgan fingerprint density at radius 1 is 0.446 bits per heavy atom. The minimum atomic E-state index is -5.37. The van der Waals surface area contributed by atoms with Crippen LogP contribution in [-0.4, -0.2) is 129 Å². The van der Waals surface area contributed by atoms with Crippen molar-refractivity contribution < 1.29 is 349 Å². The molecule has 0 bridgehead atoms. The minimum Gasteiger partial charge on any atom is -0.744 e. The van der Waals surface area contributed by atoms with Crippen molar-refractivity contribution in [3.63, 3.8) is 0 Å². The molecule has 0 aliphatic carbocycles. The average Bonchev–Trinajstić information content (AvgIpc) is 0.757. The number of rotatable bonds is 31. The third kappa shape index (κ3) is 33.5. The van der Waals surface area contributed by atoms with Crippen LogP contribution < -0.4 is 237 Å². The second-order valence-electron chi connectivity index (χ2n) is 17.1. The van der Waals surface area contributed by atoms with E-state index in [1.807, 2.05) is 0 Å². The van der Waals surface area contributed by atoms with Crippen LogP contribution in [0.25, 0.3) is 21.5 Å². The van der Waals surface area contributed by atoms with Crippen LogP contribution >= 0.6 is 24.1 Å².